The standard InChI is InChI=1S/C21H16BrClF3NO2S/c1-13(19-8-4-16(24)10-14(19)12-22)27(21-11-17(25)5-9-20(21)26)30(28,29)18-6-2-15(23)3-7-18/h2-11,13H,12H2,1H3/t13-/m1/s1. The number of sulfonamides is 1. The molecule has 0 saturated carbocycles. The van der Waals surface area contributed by atoms with Crippen LogP contribution in [0.15, 0.2) is 65.6 Å². The van der Waals surface area contributed by atoms with E-state index in [1.807, 2.05) is 0 Å². The Morgan fingerprint density at radius 3 is 2.20 bits per heavy atom. The Hall–Kier alpha value is -2.03. The third kappa shape index (κ3) is 4.50. The van der Waals surface area contributed by atoms with Gasteiger partial charge in [0.25, 0.3) is 10.0 Å². The molecule has 0 heterocycles. The summed E-state index contributed by atoms with van der Waals surface area (Å²) in [6.07, 6.45) is 0. The Morgan fingerprint density at radius 2 is 1.57 bits per heavy atom. The van der Waals surface area contributed by atoms with Crippen LogP contribution in [0.4, 0.5) is 18.9 Å². The van der Waals surface area contributed by atoms with Crippen molar-refractivity contribution in [3.63, 3.8) is 0 Å². The molecule has 0 aromatic heterocycles. The molecule has 0 unspecified atom stereocenters. The van der Waals surface area contributed by atoms with Gasteiger partial charge in [-0.15, -0.1) is 0 Å². The average Bonchev–Trinajstić information content (AvgIpc) is 2.70. The van der Waals surface area contributed by atoms with E-state index in [2.05, 4.69) is 15.9 Å². The van der Waals surface area contributed by atoms with Crippen molar-refractivity contribution >= 4 is 43.2 Å². The lowest BCUT2D eigenvalue weighted by atomic mass is 10.0. The first-order chi connectivity index (χ1) is 14.1. The Bertz CT molecular complexity index is 1170. The zero-order chi connectivity index (χ0) is 22.1. The second-order valence-corrected chi connectivity index (χ2v) is 9.32. The molecule has 0 N–H and O–H groups in total. The van der Waals surface area contributed by atoms with Gasteiger partial charge in [-0.25, -0.2) is 21.6 Å². The minimum absolute atomic E-state index is 0.148. The molecule has 0 aliphatic carbocycles. The van der Waals surface area contributed by atoms with E-state index in [0.29, 0.717) is 16.1 Å². The summed E-state index contributed by atoms with van der Waals surface area (Å²) in [5, 5.41) is 0.566. The fourth-order valence-electron chi connectivity index (χ4n) is 3.15. The van der Waals surface area contributed by atoms with Gasteiger partial charge in [0, 0.05) is 16.4 Å². The van der Waals surface area contributed by atoms with Crippen LogP contribution < -0.4 is 4.31 Å². The first-order valence-corrected chi connectivity index (χ1v) is 11.7. The van der Waals surface area contributed by atoms with Crippen molar-refractivity contribution in [3.8, 4) is 0 Å². The quantitative estimate of drug-likeness (QED) is 0.344. The van der Waals surface area contributed by atoms with Crippen molar-refractivity contribution in [3.05, 3.63) is 94.3 Å². The Kier molecular flexibility index (Phi) is 6.79. The molecule has 0 radical (unpaired) electrons. The minimum atomic E-state index is -4.33. The minimum Gasteiger partial charge on any atom is -0.256 e. The van der Waals surface area contributed by atoms with E-state index in [0.717, 1.165) is 22.5 Å². The molecule has 3 aromatic rings. The predicted octanol–water partition coefficient (Wildman–Crippen LogP) is 6.61. The van der Waals surface area contributed by atoms with Gasteiger partial charge in [-0.2, -0.15) is 0 Å². The van der Waals surface area contributed by atoms with Crippen molar-refractivity contribution < 1.29 is 21.6 Å². The van der Waals surface area contributed by atoms with E-state index in [1.165, 1.54) is 49.4 Å². The second-order valence-electron chi connectivity index (χ2n) is 6.50. The number of benzene rings is 3. The normalized spacial score (nSPS) is 12.6. The van der Waals surface area contributed by atoms with E-state index in [-0.39, 0.29) is 10.2 Å². The van der Waals surface area contributed by atoms with Gasteiger partial charge in [-0.05, 0) is 66.6 Å². The summed E-state index contributed by atoms with van der Waals surface area (Å²) < 4.78 is 70.1. The second kappa shape index (κ2) is 8.99. The van der Waals surface area contributed by atoms with Crippen LogP contribution in [-0.2, 0) is 15.4 Å². The molecule has 9 heteroatoms. The maximum atomic E-state index is 14.7. The average molecular weight is 519 g/mol. The molecule has 0 aliphatic heterocycles. The zero-order valence-electron chi connectivity index (χ0n) is 15.6. The summed E-state index contributed by atoms with van der Waals surface area (Å²) in [6.45, 7) is 1.53. The first kappa shape index (κ1) is 22.7. The molecule has 30 heavy (non-hydrogen) atoms. The Labute approximate surface area is 186 Å². The highest BCUT2D eigenvalue weighted by Gasteiger charge is 2.33. The van der Waals surface area contributed by atoms with Gasteiger partial charge in [0.05, 0.1) is 16.6 Å². The van der Waals surface area contributed by atoms with Crippen molar-refractivity contribution in [2.75, 3.05) is 4.31 Å². The van der Waals surface area contributed by atoms with Crippen LogP contribution in [0, 0.1) is 17.5 Å². The van der Waals surface area contributed by atoms with Gasteiger partial charge in [-0.1, -0.05) is 33.6 Å². The van der Waals surface area contributed by atoms with E-state index < -0.39 is 39.2 Å². The lowest BCUT2D eigenvalue weighted by molar-refractivity contribution is 0.569. The van der Waals surface area contributed by atoms with E-state index in [9.17, 15) is 21.6 Å². The summed E-state index contributed by atoms with van der Waals surface area (Å²) in [4.78, 5) is -0.148. The molecule has 3 rings (SSSR count). The highest BCUT2D eigenvalue weighted by atomic mass is 79.9. The maximum Gasteiger partial charge on any atom is 0.264 e. The van der Waals surface area contributed by atoms with Crippen molar-refractivity contribution in [2.45, 2.75) is 23.2 Å². The van der Waals surface area contributed by atoms with Crippen LogP contribution in [0.3, 0.4) is 0 Å². The number of anilines is 1. The summed E-state index contributed by atoms with van der Waals surface area (Å²) in [7, 11) is -4.33. The molecule has 1 atom stereocenters. The van der Waals surface area contributed by atoms with Crippen LogP contribution in [0.25, 0.3) is 0 Å². The molecule has 0 amide bonds. The lowest BCUT2D eigenvalue weighted by Gasteiger charge is -2.32. The summed E-state index contributed by atoms with van der Waals surface area (Å²) >= 11 is 9.12. The number of hydrogen-bond donors (Lipinski definition) is 0. The van der Waals surface area contributed by atoms with Crippen LogP contribution in [0.5, 0.6) is 0 Å². The Balaban J connectivity index is 2.25. The molecule has 0 spiro atoms. The number of nitrogens with zero attached hydrogens (tertiary/aromatic N) is 1. The predicted molar refractivity (Wildman–Crippen MR) is 115 cm³/mol. The van der Waals surface area contributed by atoms with Crippen molar-refractivity contribution in [1.82, 2.24) is 0 Å². The summed E-state index contributed by atoms with van der Waals surface area (Å²) in [5.74, 6) is -2.21. The van der Waals surface area contributed by atoms with Gasteiger partial charge in [0.1, 0.15) is 17.5 Å². The van der Waals surface area contributed by atoms with Crippen LogP contribution in [-0.4, -0.2) is 8.42 Å². The zero-order valence-corrected chi connectivity index (χ0v) is 18.8. The molecular weight excluding hydrogens is 503 g/mol. The van der Waals surface area contributed by atoms with Gasteiger partial charge in [0.15, 0.2) is 0 Å². The molecule has 158 valence electrons. The van der Waals surface area contributed by atoms with E-state index in [4.69, 9.17) is 11.6 Å². The molecule has 3 aromatic carbocycles. The molecule has 0 fully saturated rings. The monoisotopic (exact) mass is 517 g/mol. The molecular formula is C21H16BrClF3NO2S. The van der Waals surface area contributed by atoms with Crippen LogP contribution >= 0.6 is 27.5 Å². The van der Waals surface area contributed by atoms with Gasteiger partial charge >= 0.3 is 0 Å². The third-order valence-electron chi connectivity index (χ3n) is 4.57. The highest BCUT2D eigenvalue weighted by molar-refractivity contribution is 9.08. The van der Waals surface area contributed by atoms with Crippen molar-refractivity contribution in [1.29, 1.82) is 0 Å². The van der Waals surface area contributed by atoms with Crippen LogP contribution in [0.2, 0.25) is 5.02 Å². The number of alkyl halides is 1. The largest absolute Gasteiger partial charge is 0.264 e. The number of hydrogen-bond acceptors (Lipinski definition) is 2. The maximum absolute atomic E-state index is 14.7. The molecule has 3 nitrogen and oxygen atoms in total. The topological polar surface area (TPSA) is 37.4 Å². The summed E-state index contributed by atoms with van der Waals surface area (Å²) in [5.41, 5.74) is 0.465. The fourth-order valence-corrected chi connectivity index (χ4v) is 5.39. The molecule has 0 aliphatic rings. The SMILES string of the molecule is C[C@H](c1ccc(F)cc1CBr)N(c1cc(F)ccc1F)S(=O)(=O)c1ccc(Cl)cc1. The number of rotatable bonds is 6. The van der Waals surface area contributed by atoms with Crippen LogP contribution in [0.1, 0.15) is 24.1 Å². The first-order valence-electron chi connectivity index (χ1n) is 8.74. The lowest BCUT2D eigenvalue weighted by Crippen LogP contribution is -2.35. The molecule has 0 bridgehead atoms. The van der Waals surface area contributed by atoms with E-state index >= 15 is 0 Å². The van der Waals surface area contributed by atoms with Gasteiger partial charge < -0.3 is 0 Å². The highest BCUT2D eigenvalue weighted by Crippen LogP contribution is 2.37. The van der Waals surface area contributed by atoms with Gasteiger partial charge in [0.2, 0.25) is 0 Å². The third-order valence-corrected chi connectivity index (χ3v) is 7.32. The Morgan fingerprint density at radius 1 is 0.967 bits per heavy atom. The van der Waals surface area contributed by atoms with Crippen molar-refractivity contribution in [2.24, 2.45) is 0 Å². The number of halogens is 5. The molecule has 0 saturated heterocycles. The van der Waals surface area contributed by atoms with E-state index in [1.54, 1.807) is 0 Å². The smallest absolute Gasteiger partial charge is 0.256 e. The van der Waals surface area contributed by atoms with Gasteiger partial charge in [-0.3, -0.25) is 4.31 Å². The fraction of sp³-hybridized carbons (Fsp3) is 0.143. The summed E-state index contributed by atoms with van der Waals surface area (Å²) in [6, 6.07) is 10.8.